The van der Waals surface area contributed by atoms with Gasteiger partial charge in [0.25, 0.3) is 0 Å². The van der Waals surface area contributed by atoms with Gasteiger partial charge in [0.2, 0.25) is 5.91 Å². The number of piperidine rings is 1. The van der Waals surface area contributed by atoms with Gasteiger partial charge in [-0.15, -0.1) is 0 Å². The van der Waals surface area contributed by atoms with Crippen LogP contribution in [0.25, 0.3) is 22.2 Å². The van der Waals surface area contributed by atoms with Crippen molar-refractivity contribution < 1.29 is 13.9 Å². The Hall–Kier alpha value is -2.65. The molecule has 1 fully saturated rings. The normalized spacial score (nSPS) is 19.4. The molecule has 2 N–H and O–H groups in total. The number of pyridine rings is 1. The minimum Gasteiger partial charge on any atom is -0.383 e. The van der Waals surface area contributed by atoms with Gasteiger partial charge in [0, 0.05) is 56.8 Å². The van der Waals surface area contributed by atoms with E-state index in [9.17, 15) is 9.18 Å². The van der Waals surface area contributed by atoms with Gasteiger partial charge in [-0.1, -0.05) is 11.6 Å². The highest BCUT2D eigenvalue weighted by Gasteiger charge is 2.32. The molecule has 30 heavy (non-hydrogen) atoms. The molecular weight excluding hydrogens is 411 g/mol. The molecule has 10 heteroatoms. The van der Waals surface area contributed by atoms with Crippen LogP contribution in [0.5, 0.6) is 0 Å². The summed E-state index contributed by atoms with van der Waals surface area (Å²) < 4.78 is 21.5. The highest BCUT2D eigenvalue weighted by atomic mass is 35.5. The molecule has 1 saturated heterocycles. The Balaban J connectivity index is 1.65. The van der Waals surface area contributed by atoms with Crippen molar-refractivity contribution in [1.29, 1.82) is 0 Å². The second-order valence-corrected chi connectivity index (χ2v) is 7.78. The molecule has 1 aliphatic rings. The number of carbonyl (C=O) groups excluding carboxylic acids is 1. The number of amides is 1. The standard InChI is InChI=1S/C20H24ClFN6O2/c1-12(29)27-5-3-17(16(22)11-27)28-10-13(7-26-28)14-8-24-20-18(15(21)9-25-20)19(14)23-4-6-30-2/h7-10,16-17H,3-6,11H2,1-2H3,(H2,23,24,25)/t16-,17-/m0/s1. The molecule has 0 unspecified atom stereocenters. The summed E-state index contributed by atoms with van der Waals surface area (Å²) in [7, 11) is 1.64. The Morgan fingerprint density at radius 2 is 2.30 bits per heavy atom. The minimum absolute atomic E-state index is 0.0888. The van der Waals surface area contributed by atoms with Gasteiger partial charge in [0.15, 0.2) is 0 Å². The molecule has 8 nitrogen and oxygen atoms in total. The van der Waals surface area contributed by atoms with Crippen LogP contribution < -0.4 is 5.32 Å². The zero-order valence-corrected chi connectivity index (χ0v) is 17.6. The number of hydrogen-bond acceptors (Lipinski definition) is 5. The van der Waals surface area contributed by atoms with Crippen LogP contribution in [0.4, 0.5) is 10.1 Å². The first-order valence-corrected chi connectivity index (χ1v) is 10.2. The summed E-state index contributed by atoms with van der Waals surface area (Å²) in [4.78, 5) is 20.6. The number of aromatic nitrogens is 4. The average Bonchev–Trinajstić information content (AvgIpc) is 3.35. The lowest BCUT2D eigenvalue weighted by Crippen LogP contribution is -2.44. The van der Waals surface area contributed by atoms with Crippen molar-refractivity contribution in [2.24, 2.45) is 0 Å². The van der Waals surface area contributed by atoms with Crippen molar-refractivity contribution in [3.63, 3.8) is 0 Å². The molecule has 2 atom stereocenters. The van der Waals surface area contributed by atoms with E-state index in [4.69, 9.17) is 16.3 Å². The number of alkyl halides is 1. The van der Waals surface area contributed by atoms with Gasteiger partial charge in [-0.3, -0.25) is 9.48 Å². The molecule has 0 radical (unpaired) electrons. The monoisotopic (exact) mass is 434 g/mol. The van der Waals surface area contributed by atoms with E-state index in [0.717, 1.165) is 22.2 Å². The highest BCUT2D eigenvalue weighted by molar-refractivity contribution is 6.36. The lowest BCUT2D eigenvalue weighted by Gasteiger charge is -2.34. The number of aromatic amines is 1. The Morgan fingerprint density at radius 1 is 1.47 bits per heavy atom. The molecule has 0 spiro atoms. The molecule has 0 aromatic carbocycles. The van der Waals surface area contributed by atoms with Crippen molar-refractivity contribution in [2.45, 2.75) is 25.6 Å². The predicted octanol–water partition coefficient (Wildman–Crippen LogP) is 3.27. The number of hydrogen-bond donors (Lipinski definition) is 2. The molecule has 1 amide bonds. The molecule has 1 aliphatic heterocycles. The van der Waals surface area contributed by atoms with Crippen LogP contribution in [-0.2, 0) is 9.53 Å². The topological polar surface area (TPSA) is 88.1 Å². The smallest absolute Gasteiger partial charge is 0.219 e. The third-order valence-electron chi connectivity index (χ3n) is 5.47. The van der Waals surface area contributed by atoms with Crippen molar-refractivity contribution in [2.75, 3.05) is 38.7 Å². The third kappa shape index (κ3) is 3.87. The Morgan fingerprint density at radius 3 is 3.03 bits per heavy atom. The van der Waals surface area contributed by atoms with Crippen molar-refractivity contribution in [1.82, 2.24) is 24.6 Å². The van der Waals surface area contributed by atoms with Crippen LogP contribution in [0.3, 0.4) is 0 Å². The number of nitrogens with zero attached hydrogens (tertiary/aromatic N) is 4. The van der Waals surface area contributed by atoms with E-state index < -0.39 is 12.2 Å². The van der Waals surface area contributed by atoms with E-state index in [1.165, 1.54) is 11.8 Å². The maximum atomic E-state index is 14.7. The number of methoxy groups -OCH3 is 1. The number of fused-ring (bicyclic) bond motifs is 1. The maximum Gasteiger partial charge on any atom is 0.219 e. The zero-order valence-electron chi connectivity index (χ0n) is 16.9. The lowest BCUT2D eigenvalue weighted by atomic mass is 10.0. The number of nitrogens with one attached hydrogen (secondary N) is 2. The van der Waals surface area contributed by atoms with Crippen LogP contribution in [-0.4, -0.2) is 70.1 Å². The molecule has 0 saturated carbocycles. The molecule has 0 bridgehead atoms. The third-order valence-corrected chi connectivity index (χ3v) is 5.76. The van der Waals surface area contributed by atoms with Gasteiger partial charge in [-0.2, -0.15) is 5.10 Å². The van der Waals surface area contributed by atoms with Crippen molar-refractivity contribution in [3.05, 3.63) is 29.8 Å². The fourth-order valence-corrected chi connectivity index (χ4v) is 4.11. The second-order valence-electron chi connectivity index (χ2n) is 7.37. The van der Waals surface area contributed by atoms with Crippen molar-refractivity contribution >= 4 is 34.2 Å². The van der Waals surface area contributed by atoms with Crippen LogP contribution in [0, 0.1) is 0 Å². The van der Waals surface area contributed by atoms with Gasteiger partial charge in [-0.05, 0) is 6.42 Å². The summed E-state index contributed by atoms with van der Waals surface area (Å²) >= 11 is 6.39. The van der Waals surface area contributed by atoms with Gasteiger partial charge in [0.05, 0.1) is 41.5 Å². The second kappa shape index (κ2) is 8.61. The highest BCUT2D eigenvalue weighted by Crippen LogP contribution is 2.37. The zero-order chi connectivity index (χ0) is 21.3. The van der Waals surface area contributed by atoms with E-state index in [0.29, 0.717) is 36.8 Å². The molecule has 160 valence electrons. The Bertz CT molecular complexity index is 1050. The molecule has 4 heterocycles. The summed E-state index contributed by atoms with van der Waals surface area (Å²) in [6.07, 6.45) is 6.32. The quantitative estimate of drug-likeness (QED) is 0.581. The molecule has 4 rings (SSSR count). The number of ether oxygens (including phenoxy) is 1. The van der Waals surface area contributed by atoms with Crippen LogP contribution in [0.1, 0.15) is 19.4 Å². The fourth-order valence-electron chi connectivity index (χ4n) is 3.87. The van der Waals surface area contributed by atoms with Gasteiger partial charge < -0.3 is 19.9 Å². The van der Waals surface area contributed by atoms with Crippen LogP contribution >= 0.6 is 11.6 Å². The van der Waals surface area contributed by atoms with Gasteiger partial charge in [-0.25, -0.2) is 9.37 Å². The molecular formula is C20H24ClFN6O2. The maximum absolute atomic E-state index is 14.7. The number of likely N-dealkylation sites (tertiary alicyclic amines) is 1. The van der Waals surface area contributed by atoms with E-state index >= 15 is 0 Å². The summed E-state index contributed by atoms with van der Waals surface area (Å²) in [5.41, 5.74) is 3.13. The van der Waals surface area contributed by atoms with Crippen LogP contribution in [0.2, 0.25) is 5.02 Å². The number of anilines is 1. The van der Waals surface area contributed by atoms with Crippen molar-refractivity contribution in [3.8, 4) is 11.1 Å². The first-order chi connectivity index (χ1) is 14.5. The first kappa shape index (κ1) is 20.6. The van der Waals surface area contributed by atoms with Crippen LogP contribution in [0.15, 0.2) is 24.8 Å². The SMILES string of the molecule is COCCNc1c(-c2cnn([C@H]3CCN(C(C)=O)C[C@@H]3F)c2)cnc2[nH]cc(Cl)c12. The number of rotatable bonds is 6. The number of H-pyrrole nitrogens is 1. The minimum atomic E-state index is -1.17. The summed E-state index contributed by atoms with van der Waals surface area (Å²) in [5, 5.41) is 9.14. The van der Waals surface area contributed by atoms with E-state index in [1.807, 2.05) is 6.20 Å². The average molecular weight is 435 g/mol. The Labute approximate surface area is 178 Å². The summed E-state index contributed by atoms with van der Waals surface area (Å²) in [6, 6.07) is -0.410. The fraction of sp³-hybridized carbons (Fsp3) is 0.450. The Kier molecular flexibility index (Phi) is 5.92. The summed E-state index contributed by atoms with van der Waals surface area (Å²) in [6.45, 7) is 3.20. The largest absolute Gasteiger partial charge is 0.383 e. The van der Waals surface area contributed by atoms with Gasteiger partial charge >= 0.3 is 0 Å². The van der Waals surface area contributed by atoms with E-state index in [2.05, 4.69) is 20.4 Å². The van der Waals surface area contributed by atoms with E-state index in [-0.39, 0.29) is 12.5 Å². The molecule has 3 aromatic heterocycles. The van der Waals surface area contributed by atoms with E-state index in [1.54, 1.807) is 30.4 Å². The van der Waals surface area contributed by atoms with Gasteiger partial charge in [0.1, 0.15) is 11.8 Å². The number of halogens is 2. The number of carbonyl (C=O) groups is 1. The molecule has 0 aliphatic carbocycles. The lowest BCUT2D eigenvalue weighted by molar-refractivity contribution is -0.131. The first-order valence-electron chi connectivity index (χ1n) is 9.82. The molecule has 3 aromatic rings. The predicted molar refractivity (Wildman–Crippen MR) is 113 cm³/mol. The summed E-state index contributed by atoms with van der Waals surface area (Å²) in [5.74, 6) is -0.105.